The van der Waals surface area contributed by atoms with Crippen molar-refractivity contribution in [1.29, 1.82) is 0 Å². The quantitative estimate of drug-likeness (QED) is 0.782. The van der Waals surface area contributed by atoms with Crippen LogP contribution in [0.4, 0.5) is 4.39 Å². The van der Waals surface area contributed by atoms with Crippen molar-refractivity contribution < 1.29 is 18.7 Å². The number of rotatable bonds is 3. The van der Waals surface area contributed by atoms with E-state index in [2.05, 4.69) is 10.1 Å². The Morgan fingerprint density at radius 2 is 2.12 bits per heavy atom. The Morgan fingerprint density at radius 3 is 2.69 bits per heavy atom. The van der Waals surface area contributed by atoms with Gasteiger partial charge in [-0.05, 0) is 30.7 Å². The van der Waals surface area contributed by atoms with Gasteiger partial charge in [0, 0.05) is 5.56 Å². The highest BCUT2D eigenvalue weighted by Crippen LogP contribution is 2.09. The molecule has 1 aromatic carbocycles. The van der Waals surface area contributed by atoms with Gasteiger partial charge in [0.15, 0.2) is 0 Å². The van der Waals surface area contributed by atoms with Crippen LogP contribution in [0.5, 0.6) is 0 Å². The van der Waals surface area contributed by atoms with Gasteiger partial charge in [-0.2, -0.15) is 0 Å². The van der Waals surface area contributed by atoms with Crippen molar-refractivity contribution in [2.75, 3.05) is 13.7 Å². The molecule has 0 bridgehead atoms. The summed E-state index contributed by atoms with van der Waals surface area (Å²) in [5.74, 6) is -1.36. The van der Waals surface area contributed by atoms with Crippen LogP contribution in [-0.2, 0) is 9.53 Å². The topological polar surface area (TPSA) is 55.4 Å². The first kappa shape index (κ1) is 12.2. The molecule has 5 heteroatoms. The molecule has 0 heterocycles. The number of hydrogen-bond acceptors (Lipinski definition) is 3. The summed E-state index contributed by atoms with van der Waals surface area (Å²) >= 11 is 0. The summed E-state index contributed by atoms with van der Waals surface area (Å²) in [6.07, 6.45) is 0. The third-order valence-corrected chi connectivity index (χ3v) is 2.05. The molecule has 4 nitrogen and oxygen atoms in total. The second-order valence-corrected chi connectivity index (χ2v) is 3.22. The molecule has 1 N–H and O–H groups in total. The lowest BCUT2D eigenvalue weighted by Gasteiger charge is -2.06. The van der Waals surface area contributed by atoms with E-state index in [0.717, 1.165) is 0 Å². The molecule has 1 amide bonds. The minimum absolute atomic E-state index is 0.202. The molecular weight excluding hydrogens is 213 g/mol. The number of ether oxygens (including phenoxy) is 1. The van der Waals surface area contributed by atoms with Crippen molar-refractivity contribution in [3.8, 4) is 0 Å². The molecule has 16 heavy (non-hydrogen) atoms. The number of amides is 1. The molecule has 1 rings (SSSR count). The number of hydrogen-bond donors (Lipinski definition) is 1. The van der Waals surface area contributed by atoms with Crippen molar-refractivity contribution in [2.24, 2.45) is 0 Å². The summed E-state index contributed by atoms with van der Waals surface area (Å²) in [5, 5.41) is 2.37. The first-order chi connectivity index (χ1) is 7.54. The summed E-state index contributed by atoms with van der Waals surface area (Å²) in [6, 6.07) is 3.82. The molecule has 0 saturated carbocycles. The fraction of sp³-hybridized carbons (Fsp3) is 0.273. The van der Waals surface area contributed by atoms with Crippen molar-refractivity contribution >= 4 is 11.9 Å². The van der Waals surface area contributed by atoms with Gasteiger partial charge < -0.3 is 10.1 Å². The van der Waals surface area contributed by atoms with E-state index >= 15 is 0 Å². The lowest BCUT2D eigenvalue weighted by atomic mass is 10.1. The first-order valence-electron chi connectivity index (χ1n) is 4.65. The number of halogens is 1. The van der Waals surface area contributed by atoms with Gasteiger partial charge in [-0.25, -0.2) is 4.39 Å². The maximum absolute atomic E-state index is 12.8. The van der Waals surface area contributed by atoms with E-state index < -0.39 is 17.7 Å². The van der Waals surface area contributed by atoms with Crippen LogP contribution in [0.1, 0.15) is 15.9 Å². The average Bonchev–Trinajstić information content (AvgIpc) is 2.25. The minimum Gasteiger partial charge on any atom is -0.468 e. The highest BCUT2D eigenvalue weighted by Gasteiger charge is 2.10. The number of methoxy groups -OCH3 is 1. The smallest absolute Gasteiger partial charge is 0.325 e. The van der Waals surface area contributed by atoms with Crippen LogP contribution in [0.15, 0.2) is 18.2 Å². The van der Waals surface area contributed by atoms with Gasteiger partial charge >= 0.3 is 5.97 Å². The van der Waals surface area contributed by atoms with Crippen LogP contribution in [0.3, 0.4) is 0 Å². The van der Waals surface area contributed by atoms with Crippen LogP contribution in [0.2, 0.25) is 0 Å². The Labute approximate surface area is 92.4 Å². The largest absolute Gasteiger partial charge is 0.468 e. The molecule has 0 saturated heterocycles. The van der Waals surface area contributed by atoms with Gasteiger partial charge in [-0.1, -0.05) is 0 Å². The van der Waals surface area contributed by atoms with E-state index in [1.165, 1.54) is 25.3 Å². The fourth-order valence-corrected chi connectivity index (χ4v) is 1.20. The highest BCUT2D eigenvalue weighted by atomic mass is 19.1. The predicted molar refractivity (Wildman–Crippen MR) is 55.5 cm³/mol. The highest BCUT2D eigenvalue weighted by molar-refractivity contribution is 5.97. The van der Waals surface area contributed by atoms with Gasteiger partial charge in [0.05, 0.1) is 7.11 Å². The van der Waals surface area contributed by atoms with Crippen LogP contribution >= 0.6 is 0 Å². The summed E-state index contributed by atoms with van der Waals surface area (Å²) in [6.45, 7) is 1.42. The zero-order valence-corrected chi connectivity index (χ0v) is 9.04. The maximum Gasteiger partial charge on any atom is 0.325 e. The van der Waals surface area contributed by atoms with E-state index in [-0.39, 0.29) is 6.54 Å². The van der Waals surface area contributed by atoms with Gasteiger partial charge in [0.2, 0.25) is 0 Å². The van der Waals surface area contributed by atoms with E-state index in [1.54, 1.807) is 6.92 Å². The Balaban J connectivity index is 2.70. The average molecular weight is 225 g/mol. The third-order valence-electron chi connectivity index (χ3n) is 2.05. The van der Waals surface area contributed by atoms with E-state index in [9.17, 15) is 14.0 Å². The number of carbonyl (C=O) groups excluding carboxylic acids is 2. The number of esters is 1. The lowest BCUT2D eigenvalue weighted by molar-refractivity contribution is -0.139. The molecule has 86 valence electrons. The van der Waals surface area contributed by atoms with Gasteiger partial charge in [-0.15, -0.1) is 0 Å². The third kappa shape index (κ3) is 3.05. The molecule has 0 fully saturated rings. The molecule has 0 aliphatic carbocycles. The monoisotopic (exact) mass is 225 g/mol. The fourth-order valence-electron chi connectivity index (χ4n) is 1.20. The molecule has 0 spiro atoms. The Morgan fingerprint density at radius 1 is 1.44 bits per heavy atom. The number of benzene rings is 1. The molecule has 0 radical (unpaired) electrons. The number of carbonyl (C=O) groups is 2. The minimum atomic E-state index is -0.534. The van der Waals surface area contributed by atoms with Crippen molar-refractivity contribution in [2.45, 2.75) is 6.92 Å². The zero-order valence-electron chi connectivity index (χ0n) is 9.04. The summed E-state index contributed by atoms with van der Waals surface area (Å²) in [5.41, 5.74) is 0.854. The van der Waals surface area contributed by atoms with Crippen molar-refractivity contribution in [3.63, 3.8) is 0 Å². The van der Waals surface area contributed by atoms with Crippen molar-refractivity contribution in [1.82, 2.24) is 5.32 Å². The van der Waals surface area contributed by atoms with Crippen LogP contribution in [-0.4, -0.2) is 25.5 Å². The molecule has 0 aliphatic heterocycles. The molecule has 1 aromatic rings. The lowest BCUT2D eigenvalue weighted by Crippen LogP contribution is -2.30. The molecule has 0 aliphatic rings. The normalized spacial score (nSPS) is 9.69. The van der Waals surface area contributed by atoms with Gasteiger partial charge in [0.25, 0.3) is 5.91 Å². The Hall–Kier alpha value is -1.91. The molecule has 0 unspecified atom stereocenters. The second kappa shape index (κ2) is 5.25. The second-order valence-electron chi connectivity index (χ2n) is 3.22. The molecular formula is C11H12FNO3. The van der Waals surface area contributed by atoms with Crippen molar-refractivity contribution in [3.05, 3.63) is 35.1 Å². The summed E-state index contributed by atoms with van der Waals surface area (Å²) in [4.78, 5) is 22.3. The summed E-state index contributed by atoms with van der Waals surface area (Å²) < 4.78 is 17.1. The maximum atomic E-state index is 12.8. The molecule has 0 aromatic heterocycles. The Bertz CT molecular complexity index is 418. The van der Waals surface area contributed by atoms with Crippen LogP contribution < -0.4 is 5.32 Å². The van der Waals surface area contributed by atoms with Crippen LogP contribution in [0, 0.1) is 12.7 Å². The summed E-state index contributed by atoms with van der Waals surface area (Å²) in [7, 11) is 1.23. The van der Waals surface area contributed by atoms with Gasteiger partial charge in [0.1, 0.15) is 12.4 Å². The first-order valence-corrected chi connectivity index (χ1v) is 4.65. The molecule has 0 atom stereocenters. The van der Waals surface area contributed by atoms with E-state index in [0.29, 0.717) is 11.1 Å². The predicted octanol–water partition coefficient (Wildman–Crippen LogP) is 1.04. The Kier molecular flexibility index (Phi) is 3.99. The van der Waals surface area contributed by atoms with Gasteiger partial charge in [-0.3, -0.25) is 9.59 Å². The number of aryl methyl sites for hydroxylation is 1. The number of nitrogens with one attached hydrogen (secondary N) is 1. The SMILES string of the molecule is COC(=O)CNC(=O)c1ccc(F)cc1C. The van der Waals surface area contributed by atoms with E-state index in [1.807, 2.05) is 0 Å². The standard InChI is InChI=1S/C11H12FNO3/c1-7-5-8(12)3-4-9(7)11(15)13-6-10(14)16-2/h3-5H,6H2,1-2H3,(H,13,15). The zero-order chi connectivity index (χ0) is 12.1. The van der Waals surface area contributed by atoms with E-state index in [4.69, 9.17) is 0 Å². The van der Waals surface area contributed by atoms with Crippen LogP contribution in [0.25, 0.3) is 0 Å².